The standard InChI is InChI=1S/C11H15N5O/c1-7(5-12)6-16(2)11(17)10-13-9(14-15-10)8-3-4-8/h7-8H,3-4,6H2,1-2H3,(H,13,14,15). The Morgan fingerprint density at radius 3 is 3.00 bits per heavy atom. The van der Waals surface area contributed by atoms with Gasteiger partial charge in [0, 0.05) is 19.5 Å². The number of hydrogen-bond acceptors (Lipinski definition) is 4. The molecule has 0 spiro atoms. The molecular formula is C11H15N5O. The maximum atomic E-state index is 11.9. The number of carbonyl (C=O) groups is 1. The van der Waals surface area contributed by atoms with Gasteiger partial charge in [-0.3, -0.25) is 9.89 Å². The van der Waals surface area contributed by atoms with Crippen LogP contribution in [0.2, 0.25) is 0 Å². The Balaban J connectivity index is 2.00. The number of nitrogens with one attached hydrogen (secondary N) is 1. The Morgan fingerprint density at radius 1 is 1.71 bits per heavy atom. The molecule has 1 aliphatic rings. The second-order valence-corrected chi connectivity index (χ2v) is 4.53. The van der Waals surface area contributed by atoms with Gasteiger partial charge in [-0.25, -0.2) is 4.98 Å². The number of amides is 1. The number of H-pyrrole nitrogens is 1. The highest BCUT2D eigenvalue weighted by Crippen LogP contribution is 2.37. The van der Waals surface area contributed by atoms with E-state index in [1.54, 1.807) is 14.0 Å². The van der Waals surface area contributed by atoms with E-state index in [1.165, 1.54) is 4.90 Å². The van der Waals surface area contributed by atoms with Gasteiger partial charge in [0.05, 0.1) is 12.0 Å². The van der Waals surface area contributed by atoms with Crippen molar-refractivity contribution in [3.8, 4) is 6.07 Å². The summed E-state index contributed by atoms with van der Waals surface area (Å²) in [7, 11) is 1.66. The number of nitriles is 1. The van der Waals surface area contributed by atoms with Crippen LogP contribution in [-0.2, 0) is 0 Å². The number of rotatable bonds is 4. The third-order valence-electron chi connectivity index (χ3n) is 2.77. The second-order valence-electron chi connectivity index (χ2n) is 4.53. The summed E-state index contributed by atoms with van der Waals surface area (Å²) in [6.45, 7) is 2.17. The van der Waals surface area contributed by atoms with Gasteiger partial charge in [-0.1, -0.05) is 0 Å². The van der Waals surface area contributed by atoms with Gasteiger partial charge in [0.1, 0.15) is 5.82 Å². The molecule has 0 aliphatic heterocycles. The molecule has 0 saturated heterocycles. The van der Waals surface area contributed by atoms with E-state index in [2.05, 4.69) is 21.3 Å². The molecule has 90 valence electrons. The van der Waals surface area contributed by atoms with E-state index in [-0.39, 0.29) is 17.6 Å². The van der Waals surface area contributed by atoms with Gasteiger partial charge in [0.25, 0.3) is 5.91 Å². The molecule has 1 atom stereocenters. The van der Waals surface area contributed by atoms with Crippen LogP contribution in [0.3, 0.4) is 0 Å². The van der Waals surface area contributed by atoms with Crippen molar-refractivity contribution >= 4 is 5.91 Å². The van der Waals surface area contributed by atoms with E-state index >= 15 is 0 Å². The summed E-state index contributed by atoms with van der Waals surface area (Å²) in [5.74, 6) is 1.02. The summed E-state index contributed by atoms with van der Waals surface area (Å²) >= 11 is 0. The monoisotopic (exact) mass is 233 g/mol. The fourth-order valence-electron chi connectivity index (χ4n) is 1.61. The molecule has 6 heteroatoms. The molecule has 6 nitrogen and oxygen atoms in total. The summed E-state index contributed by atoms with van der Waals surface area (Å²) in [5.41, 5.74) is 0. The first kappa shape index (κ1) is 11.6. The summed E-state index contributed by atoms with van der Waals surface area (Å²) < 4.78 is 0. The smallest absolute Gasteiger partial charge is 0.293 e. The Labute approximate surface area is 99.6 Å². The van der Waals surface area contributed by atoms with Crippen molar-refractivity contribution in [3.05, 3.63) is 11.6 Å². The normalized spacial score (nSPS) is 16.3. The molecule has 0 radical (unpaired) electrons. The van der Waals surface area contributed by atoms with Crippen LogP contribution < -0.4 is 0 Å². The average Bonchev–Trinajstić information content (AvgIpc) is 3.06. The van der Waals surface area contributed by atoms with Crippen molar-refractivity contribution in [2.45, 2.75) is 25.7 Å². The first-order chi connectivity index (χ1) is 8.11. The van der Waals surface area contributed by atoms with E-state index in [0.29, 0.717) is 12.5 Å². The summed E-state index contributed by atoms with van der Waals surface area (Å²) in [6.07, 6.45) is 2.23. The first-order valence-corrected chi connectivity index (χ1v) is 5.69. The zero-order chi connectivity index (χ0) is 12.4. The Bertz CT molecular complexity index is 457. The van der Waals surface area contributed by atoms with Crippen molar-refractivity contribution in [3.63, 3.8) is 0 Å². The molecular weight excluding hydrogens is 218 g/mol. The molecule has 1 amide bonds. The van der Waals surface area contributed by atoms with Crippen molar-refractivity contribution < 1.29 is 4.79 Å². The lowest BCUT2D eigenvalue weighted by Gasteiger charge is -2.15. The first-order valence-electron chi connectivity index (χ1n) is 5.69. The van der Waals surface area contributed by atoms with Crippen LogP contribution in [-0.4, -0.2) is 39.6 Å². The highest BCUT2D eigenvalue weighted by atomic mass is 16.2. The van der Waals surface area contributed by atoms with Gasteiger partial charge in [-0.2, -0.15) is 5.26 Å². The minimum atomic E-state index is -0.241. The van der Waals surface area contributed by atoms with Gasteiger partial charge in [0.15, 0.2) is 0 Å². The number of aromatic nitrogens is 3. The van der Waals surface area contributed by atoms with Crippen LogP contribution in [0.1, 0.15) is 42.1 Å². The summed E-state index contributed by atoms with van der Waals surface area (Å²) in [5, 5.41) is 15.4. The van der Waals surface area contributed by atoms with Crippen LogP contribution in [0.5, 0.6) is 0 Å². The molecule has 2 rings (SSSR count). The SMILES string of the molecule is CC(C#N)CN(C)C(=O)c1n[nH]c(C2CC2)n1. The van der Waals surface area contributed by atoms with Gasteiger partial charge < -0.3 is 4.90 Å². The molecule has 17 heavy (non-hydrogen) atoms. The van der Waals surface area contributed by atoms with Crippen LogP contribution in [0.25, 0.3) is 0 Å². The lowest BCUT2D eigenvalue weighted by Crippen LogP contribution is -2.31. The molecule has 0 aromatic carbocycles. The number of nitrogens with zero attached hydrogens (tertiary/aromatic N) is 4. The predicted octanol–water partition coefficient (Wildman–Crippen LogP) is 0.914. The van der Waals surface area contributed by atoms with Crippen molar-refractivity contribution in [1.29, 1.82) is 5.26 Å². The van der Waals surface area contributed by atoms with Crippen LogP contribution in [0.15, 0.2) is 0 Å². The Kier molecular flexibility index (Phi) is 3.09. The maximum Gasteiger partial charge on any atom is 0.293 e. The lowest BCUT2D eigenvalue weighted by molar-refractivity contribution is 0.0773. The quantitative estimate of drug-likeness (QED) is 0.837. The fourth-order valence-corrected chi connectivity index (χ4v) is 1.61. The van der Waals surface area contributed by atoms with E-state index < -0.39 is 0 Å². The highest BCUT2D eigenvalue weighted by Gasteiger charge is 2.28. The highest BCUT2D eigenvalue weighted by molar-refractivity contribution is 5.90. The van der Waals surface area contributed by atoms with Crippen molar-refractivity contribution in [2.75, 3.05) is 13.6 Å². The minimum Gasteiger partial charge on any atom is -0.338 e. The molecule has 1 heterocycles. The molecule has 1 aliphatic carbocycles. The molecule has 1 unspecified atom stereocenters. The van der Waals surface area contributed by atoms with Gasteiger partial charge >= 0.3 is 0 Å². The molecule has 1 aromatic heterocycles. The largest absolute Gasteiger partial charge is 0.338 e. The zero-order valence-electron chi connectivity index (χ0n) is 9.97. The van der Waals surface area contributed by atoms with E-state index in [1.807, 2.05) is 0 Å². The second kappa shape index (κ2) is 4.53. The average molecular weight is 233 g/mol. The summed E-state index contributed by atoms with van der Waals surface area (Å²) in [6, 6.07) is 2.09. The molecule has 1 fully saturated rings. The Hall–Kier alpha value is -1.90. The lowest BCUT2D eigenvalue weighted by atomic mass is 10.2. The molecule has 1 aromatic rings. The molecule has 0 bridgehead atoms. The number of hydrogen-bond donors (Lipinski definition) is 1. The zero-order valence-corrected chi connectivity index (χ0v) is 9.97. The van der Waals surface area contributed by atoms with Crippen LogP contribution in [0.4, 0.5) is 0 Å². The van der Waals surface area contributed by atoms with Crippen LogP contribution >= 0.6 is 0 Å². The third kappa shape index (κ3) is 2.61. The maximum absolute atomic E-state index is 11.9. The van der Waals surface area contributed by atoms with Crippen molar-refractivity contribution in [1.82, 2.24) is 20.1 Å². The predicted molar refractivity (Wildman–Crippen MR) is 60.1 cm³/mol. The van der Waals surface area contributed by atoms with E-state index in [0.717, 1.165) is 18.7 Å². The van der Waals surface area contributed by atoms with Crippen molar-refractivity contribution in [2.24, 2.45) is 5.92 Å². The fraction of sp³-hybridized carbons (Fsp3) is 0.636. The number of carbonyl (C=O) groups excluding carboxylic acids is 1. The van der Waals surface area contributed by atoms with Crippen LogP contribution in [0, 0.1) is 17.2 Å². The van der Waals surface area contributed by atoms with E-state index in [4.69, 9.17) is 5.26 Å². The molecule has 1 saturated carbocycles. The van der Waals surface area contributed by atoms with E-state index in [9.17, 15) is 4.79 Å². The van der Waals surface area contributed by atoms with Gasteiger partial charge in [0.2, 0.25) is 5.82 Å². The summed E-state index contributed by atoms with van der Waals surface area (Å²) in [4.78, 5) is 17.6. The van der Waals surface area contributed by atoms with Gasteiger partial charge in [-0.15, -0.1) is 5.10 Å². The Morgan fingerprint density at radius 2 is 2.41 bits per heavy atom. The third-order valence-corrected chi connectivity index (χ3v) is 2.77. The topological polar surface area (TPSA) is 85.7 Å². The number of aromatic amines is 1. The minimum absolute atomic E-state index is 0.189. The van der Waals surface area contributed by atoms with Gasteiger partial charge in [-0.05, 0) is 19.8 Å². The molecule has 1 N–H and O–H groups in total.